The van der Waals surface area contributed by atoms with Gasteiger partial charge in [0.25, 0.3) is 5.91 Å². The molecule has 0 fully saturated rings. The Hall–Kier alpha value is -4.02. The van der Waals surface area contributed by atoms with Crippen LogP contribution in [0.4, 0.5) is 5.13 Å². The first-order valence-corrected chi connectivity index (χ1v) is 12.0. The second kappa shape index (κ2) is 10.1. The second-order valence-corrected chi connectivity index (χ2v) is 8.93. The second-order valence-electron chi connectivity index (χ2n) is 7.51. The number of nitrogens with one attached hydrogen (secondary N) is 1. The third kappa shape index (κ3) is 4.79. The van der Waals surface area contributed by atoms with E-state index in [4.69, 9.17) is 11.6 Å². The molecule has 174 valence electrons. The quantitative estimate of drug-likeness (QED) is 0.250. The Morgan fingerprint density at radius 2 is 1.80 bits per heavy atom. The lowest BCUT2D eigenvalue weighted by molar-refractivity contribution is 0.0944. The van der Waals surface area contributed by atoms with Gasteiger partial charge in [-0.3, -0.25) is 4.79 Å². The summed E-state index contributed by atoms with van der Waals surface area (Å²) in [6, 6.07) is 19.0. The summed E-state index contributed by atoms with van der Waals surface area (Å²) in [5, 5.41) is 25.3. The maximum atomic E-state index is 13.1. The smallest absolute Gasteiger partial charge is 0.284 e. The average molecular weight is 503 g/mol. The average Bonchev–Trinajstić information content (AvgIpc) is 3.57. The molecule has 2 aromatic carbocycles. The molecule has 3 heterocycles. The number of hydrogen-bond acceptors (Lipinski definition) is 9. The number of tetrazole rings is 1. The Balaban J connectivity index is 1.41. The SMILES string of the molecule is CCc1nnc(NCc2ccc(-c3ccccc3-c3nnnn3C(=O)c3cccnc3Cl)cc2)s1. The topological polar surface area (TPSA) is 111 Å². The van der Waals surface area contributed by atoms with Crippen LogP contribution in [-0.2, 0) is 13.0 Å². The summed E-state index contributed by atoms with van der Waals surface area (Å²) in [5.74, 6) is -0.138. The van der Waals surface area contributed by atoms with Crippen LogP contribution in [0.25, 0.3) is 22.5 Å². The lowest BCUT2D eigenvalue weighted by Gasteiger charge is -2.11. The Morgan fingerprint density at radius 3 is 2.54 bits per heavy atom. The first-order chi connectivity index (χ1) is 17.1. The van der Waals surface area contributed by atoms with Crippen LogP contribution >= 0.6 is 22.9 Å². The van der Waals surface area contributed by atoms with Gasteiger partial charge in [0.05, 0.1) is 5.56 Å². The molecule has 0 aliphatic carbocycles. The molecule has 0 radical (unpaired) electrons. The third-order valence-corrected chi connectivity index (χ3v) is 6.62. The number of hydrogen-bond donors (Lipinski definition) is 1. The Morgan fingerprint density at radius 1 is 1.00 bits per heavy atom. The lowest BCUT2D eigenvalue weighted by atomic mass is 9.98. The fourth-order valence-electron chi connectivity index (χ4n) is 3.53. The zero-order valence-electron chi connectivity index (χ0n) is 18.6. The van der Waals surface area contributed by atoms with Crippen LogP contribution in [0, 0.1) is 0 Å². The van der Waals surface area contributed by atoms with Crippen molar-refractivity contribution in [3.63, 3.8) is 0 Å². The van der Waals surface area contributed by atoms with E-state index >= 15 is 0 Å². The first kappa shape index (κ1) is 22.8. The summed E-state index contributed by atoms with van der Waals surface area (Å²) in [6.45, 7) is 2.70. The molecule has 3 aromatic heterocycles. The van der Waals surface area contributed by atoms with Crippen molar-refractivity contribution in [3.8, 4) is 22.5 Å². The highest BCUT2D eigenvalue weighted by Gasteiger charge is 2.22. The number of aromatic nitrogens is 7. The summed E-state index contributed by atoms with van der Waals surface area (Å²) in [6.07, 6.45) is 2.39. The van der Waals surface area contributed by atoms with E-state index in [1.807, 2.05) is 48.5 Å². The standard InChI is InChI=1S/C24H19ClN8OS/c1-2-20-28-30-24(35-20)27-14-15-9-11-16(12-10-15)17-6-3-4-7-18(17)22-29-31-32-33(22)23(34)19-8-5-13-26-21(19)25/h3-13H,2,14H2,1H3,(H,27,30). The Bertz CT molecular complexity index is 1480. The lowest BCUT2D eigenvalue weighted by Crippen LogP contribution is -2.16. The number of pyridine rings is 1. The van der Waals surface area contributed by atoms with Crippen molar-refractivity contribution in [3.05, 3.63) is 88.1 Å². The predicted octanol–water partition coefficient (Wildman–Crippen LogP) is 4.77. The molecule has 5 rings (SSSR count). The van der Waals surface area contributed by atoms with Gasteiger partial charge in [0.1, 0.15) is 10.2 Å². The van der Waals surface area contributed by atoms with E-state index in [0.29, 0.717) is 12.4 Å². The third-order valence-electron chi connectivity index (χ3n) is 5.30. The van der Waals surface area contributed by atoms with Gasteiger partial charge in [-0.25, -0.2) is 4.98 Å². The zero-order chi connectivity index (χ0) is 24.2. The van der Waals surface area contributed by atoms with Crippen LogP contribution in [0.1, 0.15) is 27.9 Å². The number of carbonyl (C=O) groups is 1. The van der Waals surface area contributed by atoms with E-state index in [0.717, 1.165) is 43.5 Å². The molecule has 1 N–H and O–H groups in total. The number of halogens is 1. The molecule has 0 saturated heterocycles. The van der Waals surface area contributed by atoms with Crippen molar-refractivity contribution >= 4 is 34.0 Å². The van der Waals surface area contributed by atoms with E-state index in [-0.39, 0.29) is 10.7 Å². The number of aryl methyl sites for hydroxylation is 1. The molecule has 9 nitrogen and oxygen atoms in total. The summed E-state index contributed by atoms with van der Waals surface area (Å²) in [4.78, 5) is 17.1. The molecule has 0 unspecified atom stereocenters. The largest absolute Gasteiger partial charge is 0.356 e. The zero-order valence-corrected chi connectivity index (χ0v) is 20.2. The van der Waals surface area contributed by atoms with Gasteiger partial charge in [-0.15, -0.1) is 15.3 Å². The van der Waals surface area contributed by atoms with E-state index in [1.54, 1.807) is 23.5 Å². The van der Waals surface area contributed by atoms with Gasteiger partial charge in [0.2, 0.25) is 5.13 Å². The number of anilines is 1. The van der Waals surface area contributed by atoms with Crippen molar-refractivity contribution in [1.82, 2.24) is 35.4 Å². The Kier molecular flexibility index (Phi) is 6.55. The highest BCUT2D eigenvalue weighted by atomic mass is 35.5. The van der Waals surface area contributed by atoms with Crippen molar-refractivity contribution in [2.45, 2.75) is 19.9 Å². The molecule has 0 amide bonds. The van der Waals surface area contributed by atoms with E-state index < -0.39 is 5.91 Å². The maximum Gasteiger partial charge on any atom is 0.284 e. The van der Waals surface area contributed by atoms with Gasteiger partial charge in [-0.1, -0.05) is 78.4 Å². The molecule has 0 aliphatic heterocycles. The van der Waals surface area contributed by atoms with Gasteiger partial charge in [-0.05, 0) is 45.7 Å². The molecule has 0 spiro atoms. The first-order valence-electron chi connectivity index (χ1n) is 10.8. The minimum atomic E-state index is -0.456. The van der Waals surface area contributed by atoms with Crippen molar-refractivity contribution in [2.24, 2.45) is 0 Å². The van der Waals surface area contributed by atoms with Crippen LogP contribution in [0.3, 0.4) is 0 Å². The highest BCUT2D eigenvalue weighted by Crippen LogP contribution is 2.31. The van der Waals surface area contributed by atoms with Crippen molar-refractivity contribution in [1.29, 1.82) is 0 Å². The van der Waals surface area contributed by atoms with E-state index in [1.165, 1.54) is 6.20 Å². The van der Waals surface area contributed by atoms with Crippen LogP contribution in [0.15, 0.2) is 66.9 Å². The molecule has 0 aliphatic rings. The van der Waals surface area contributed by atoms with E-state index in [9.17, 15) is 4.79 Å². The van der Waals surface area contributed by atoms with Gasteiger partial charge in [0.15, 0.2) is 5.82 Å². The number of carbonyl (C=O) groups excluding carboxylic acids is 1. The number of benzene rings is 2. The van der Waals surface area contributed by atoms with Gasteiger partial charge < -0.3 is 5.32 Å². The van der Waals surface area contributed by atoms with Crippen LogP contribution < -0.4 is 5.32 Å². The van der Waals surface area contributed by atoms with Gasteiger partial charge >= 0.3 is 0 Å². The molecule has 11 heteroatoms. The predicted molar refractivity (Wildman–Crippen MR) is 134 cm³/mol. The Labute approximate surface area is 209 Å². The van der Waals surface area contributed by atoms with Crippen LogP contribution in [-0.4, -0.2) is 41.3 Å². The summed E-state index contributed by atoms with van der Waals surface area (Å²) < 4.78 is 1.15. The molecular weight excluding hydrogens is 484 g/mol. The highest BCUT2D eigenvalue weighted by molar-refractivity contribution is 7.15. The summed E-state index contributed by atoms with van der Waals surface area (Å²) in [7, 11) is 0. The maximum absolute atomic E-state index is 13.1. The fourth-order valence-corrected chi connectivity index (χ4v) is 4.40. The monoisotopic (exact) mass is 502 g/mol. The van der Waals surface area contributed by atoms with Gasteiger partial charge in [0, 0.05) is 18.3 Å². The summed E-state index contributed by atoms with van der Waals surface area (Å²) in [5.41, 5.74) is 3.90. The minimum Gasteiger partial charge on any atom is -0.356 e. The van der Waals surface area contributed by atoms with Crippen molar-refractivity contribution in [2.75, 3.05) is 5.32 Å². The normalized spacial score (nSPS) is 10.9. The van der Waals surface area contributed by atoms with E-state index in [2.05, 4.69) is 42.9 Å². The molecular formula is C24H19ClN8OS. The summed E-state index contributed by atoms with van der Waals surface area (Å²) >= 11 is 7.69. The van der Waals surface area contributed by atoms with Crippen molar-refractivity contribution < 1.29 is 4.79 Å². The minimum absolute atomic E-state index is 0.0934. The number of nitrogens with zero attached hydrogens (tertiary/aromatic N) is 7. The number of rotatable bonds is 7. The van der Waals surface area contributed by atoms with Crippen LogP contribution in [0.2, 0.25) is 5.15 Å². The van der Waals surface area contributed by atoms with Crippen LogP contribution in [0.5, 0.6) is 0 Å². The molecule has 5 aromatic rings. The molecule has 35 heavy (non-hydrogen) atoms. The van der Waals surface area contributed by atoms with Gasteiger partial charge in [-0.2, -0.15) is 4.68 Å². The fraction of sp³-hybridized carbons (Fsp3) is 0.125. The molecule has 0 bridgehead atoms. The molecule has 0 atom stereocenters. The molecule has 0 saturated carbocycles.